The fourth-order valence-corrected chi connectivity index (χ4v) is 3.83. The average Bonchev–Trinajstić information content (AvgIpc) is 3.25. The minimum absolute atomic E-state index is 0.291. The van der Waals surface area contributed by atoms with E-state index in [2.05, 4.69) is 10.6 Å². The summed E-state index contributed by atoms with van der Waals surface area (Å²) in [5.41, 5.74) is -0.785. The van der Waals surface area contributed by atoms with Gasteiger partial charge in [-0.25, -0.2) is 9.18 Å². The van der Waals surface area contributed by atoms with Gasteiger partial charge in [0.15, 0.2) is 0 Å². The van der Waals surface area contributed by atoms with Crippen LogP contribution in [-0.2, 0) is 21.5 Å². The Balaban J connectivity index is 1.65. The lowest BCUT2D eigenvalue weighted by molar-refractivity contribution is -0.135. The molecule has 142 valence electrons. The first kappa shape index (κ1) is 19.0. The molecule has 1 fully saturated rings. The number of thiophene rings is 1. The average molecular weight is 389 g/mol. The molecule has 0 radical (unpaired) electrons. The molecule has 1 aromatic carbocycles. The number of nitrogens with one attached hydrogen (secondary N) is 2. The molecule has 1 aromatic heterocycles. The first-order valence-corrected chi connectivity index (χ1v) is 9.53. The van der Waals surface area contributed by atoms with Crippen molar-refractivity contribution < 1.29 is 18.8 Å². The molecule has 0 unspecified atom stereocenters. The van der Waals surface area contributed by atoms with Crippen molar-refractivity contribution in [3.05, 3.63) is 58.0 Å². The largest absolute Gasteiger partial charge is 0.354 e. The van der Waals surface area contributed by atoms with E-state index in [0.717, 1.165) is 9.78 Å². The molecule has 3 rings (SSSR count). The van der Waals surface area contributed by atoms with Crippen LogP contribution in [0, 0.1) is 5.82 Å². The van der Waals surface area contributed by atoms with Gasteiger partial charge in [-0.1, -0.05) is 25.1 Å². The zero-order chi connectivity index (χ0) is 19.4. The molecular formula is C19H20FN3O3S. The van der Waals surface area contributed by atoms with Crippen LogP contribution in [0.1, 0.15) is 23.8 Å². The van der Waals surface area contributed by atoms with Crippen LogP contribution in [0.15, 0.2) is 41.8 Å². The highest BCUT2D eigenvalue weighted by molar-refractivity contribution is 7.09. The van der Waals surface area contributed by atoms with Crippen LogP contribution in [-0.4, -0.2) is 35.8 Å². The Morgan fingerprint density at radius 1 is 1.26 bits per heavy atom. The molecule has 1 saturated heterocycles. The van der Waals surface area contributed by atoms with Gasteiger partial charge in [0.05, 0.1) is 0 Å². The van der Waals surface area contributed by atoms with E-state index in [1.165, 1.54) is 24.3 Å². The van der Waals surface area contributed by atoms with Crippen LogP contribution in [0.25, 0.3) is 0 Å². The molecule has 27 heavy (non-hydrogen) atoms. The Morgan fingerprint density at radius 3 is 2.63 bits per heavy atom. The topological polar surface area (TPSA) is 78.5 Å². The van der Waals surface area contributed by atoms with E-state index in [-0.39, 0.29) is 6.54 Å². The van der Waals surface area contributed by atoms with Crippen molar-refractivity contribution in [1.82, 2.24) is 15.5 Å². The van der Waals surface area contributed by atoms with Crippen LogP contribution in [0.3, 0.4) is 0 Å². The monoisotopic (exact) mass is 389 g/mol. The molecule has 1 aliphatic heterocycles. The molecule has 2 aromatic rings. The predicted molar refractivity (Wildman–Crippen MR) is 99.6 cm³/mol. The Morgan fingerprint density at radius 2 is 2.00 bits per heavy atom. The minimum atomic E-state index is -1.28. The lowest BCUT2D eigenvalue weighted by Crippen LogP contribution is -2.45. The summed E-state index contributed by atoms with van der Waals surface area (Å²) in [7, 11) is 0. The molecule has 0 bridgehead atoms. The van der Waals surface area contributed by atoms with Gasteiger partial charge in [0.25, 0.3) is 5.91 Å². The molecule has 8 heteroatoms. The normalized spacial score (nSPS) is 19.3. The molecule has 0 spiro atoms. The Kier molecular flexibility index (Phi) is 5.55. The molecule has 1 aliphatic rings. The lowest BCUT2D eigenvalue weighted by Gasteiger charge is -2.25. The van der Waals surface area contributed by atoms with Crippen molar-refractivity contribution in [1.29, 1.82) is 0 Å². The number of carbonyl (C=O) groups is 3. The van der Waals surface area contributed by atoms with Crippen molar-refractivity contribution in [3.63, 3.8) is 0 Å². The maximum absolute atomic E-state index is 13.2. The third kappa shape index (κ3) is 3.85. The van der Waals surface area contributed by atoms with Crippen LogP contribution in [0.4, 0.5) is 9.18 Å². The second-order valence-corrected chi connectivity index (χ2v) is 7.30. The van der Waals surface area contributed by atoms with E-state index in [9.17, 15) is 18.8 Å². The van der Waals surface area contributed by atoms with Crippen molar-refractivity contribution >= 4 is 29.2 Å². The van der Waals surface area contributed by atoms with Crippen LogP contribution in [0.2, 0.25) is 0 Å². The molecule has 0 aliphatic carbocycles. The van der Waals surface area contributed by atoms with E-state index in [4.69, 9.17) is 0 Å². The van der Waals surface area contributed by atoms with Gasteiger partial charge in [0.1, 0.15) is 17.9 Å². The quantitative estimate of drug-likeness (QED) is 0.714. The van der Waals surface area contributed by atoms with Crippen molar-refractivity contribution in [2.45, 2.75) is 25.3 Å². The summed E-state index contributed by atoms with van der Waals surface area (Å²) in [6.45, 7) is 1.84. The lowest BCUT2D eigenvalue weighted by atomic mass is 9.87. The van der Waals surface area contributed by atoms with Gasteiger partial charge >= 0.3 is 6.03 Å². The van der Waals surface area contributed by atoms with Gasteiger partial charge in [-0.2, -0.15) is 0 Å². The summed E-state index contributed by atoms with van der Waals surface area (Å²) < 4.78 is 13.2. The van der Waals surface area contributed by atoms with Crippen LogP contribution in [0.5, 0.6) is 0 Å². The number of hydrogen-bond donors (Lipinski definition) is 2. The number of hydrogen-bond acceptors (Lipinski definition) is 4. The molecular weight excluding hydrogens is 369 g/mol. The summed E-state index contributed by atoms with van der Waals surface area (Å²) in [4.78, 5) is 39.5. The standard InChI is InChI=1S/C19H20FN3O3S/c1-2-19(13-5-7-14(20)8-6-13)17(25)23(18(26)22-19)12-16(24)21-10-9-15-4-3-11-27-15/h3-8,11H,2,9-10,12H2,1H3,(H,21,24)(H,22,26)/t19-/m1/s1. The summed E-state index contributed by atoms with van der Waals surface area (Å²) in [6.07, 6.45) is 0.984. The van der Waals surface area contributed by atoms with Crippen LogP contribution >= 0.6 is 11.3 Å². The maximum Gasteiger partial charge on any atom is 0.325 e. The van der Waals surface area contributed by atoms with Gasteiger partial charge in [-0.3, -0.25) is 14.5 Å². The molecule has 4 amide bonds. The van der Waals surface area contributed by atoms with E-state index in [0.29, 0.717) is 24.9 Å². The number of imide groups is 1. The third-order valence-corrected chi connectivity index (χ3v) is 5.55. The first-order valence-electron chi connectivity index (χ1n) is 8.65. The molecule has 2 heterocycles. The van der Waals surface area contributed by atoms with Crippen molar-refractivity contribution in [2.75, 3.05) is 13.1 Å². The van der Waals surface area contributed by atoms with E-state index in [1.807, 2.05) is 17.5 Å². The second-order valence-electron chi connectivity index (χ2n) is 6.27. The number of carbonyl (C=O) groups excluding carboxylic acids is 3. The zero-order valence-corrected chi connectivity index (χ0v) is 15.6. The summed E-state index contributed by atoms with van der Waals surface area (Å²) in [5.74, 6) is -1.33. The fourth-order valence-electron chi connectivity index (χ4n) is 3.12. The van der Waals surface area contributed by atoms with Crippen LogP contribution < -0.4 is 10.6 Å². The third-order valence-electron chi connectivity index (χ3n) is 4.62. The molecule has 0 saturated carbocycles. The highest BCUT2D eigenvalue weighted by atomic mass is 32.1. The SMILES string of the molecule is CC[C@]1(c2ccc(F)cc2)NC(=O)N(CC(=O)NCCc2cccs2)C1=O. The highest BCUT2D eigenvalue weighted by Gasteiger charge is 2.51. The highest BCUT2D eigenvalue weighted by Crippen LogP contribution is 2.32. The van der Waals surface area contributed by atoms with Gasteiger partial charge in [0, 0.05) is 11.4 Å². The summed E-state index contributed by atoms with van der Waals surface area (Å²) >= 11 is 1.60. The van der Waals surface area contributed by atoms with Gasteiger partial charge in [0.2, 0.25) is 5.91 Å². The zero-order valence-electron chi connectivity index (χ0n) is 14.8. The fraction of sp³-hybridized carbons (Fsp3) is 0.316. The minimum Gasteiger partial charge on any atom is -0.354 e. The number of rotatable bonds is 7. The number of nitrogens with zero attached hydrogens (tertiary/aromatic N) is 1. The number of urea groups is 1. The van der Waals surface area contributed by atoms with E-state index < -0.39 is 29.2 Å². The number of benzene rings is 1. The molecule has 2 N–H and O–H groups in total. The van der Waals surface area contributed by atoms with Gasteiger partial charge in [-0.05, 0) is 42.0 Å². The second kappa shape index (κ2) is 7.87. The first-order chi connectivity index (χ1) is 13.0. The van der Waals surface area contributed by atoms with Gasteiger partial charge < -0.3 is 10.6 Å². The Bertz CT molecular complexity index is 838. The predicted octanol–water partition coefficient (Wildman–Crippen LogP) is 2.40. The van der Waals surface area contributed by atoms with Gasteiger partial charge in [-0.15, -0.1) is 11.3 Å². The van der Waals surface area contributed by atoms with E-state index in [1.54, 1.807) is 18.3 Å². The Hall–Kier alpha value is -2.74. The van der Waals surface area contributed by atoms with Crippen molar-refractivity contribution in [3.8, 4) is 0 Å². The smallest absolute Gasteiger partial charge is 0.325 e. The number of amides is 4. The summed E-state index contributed by atoms with van der Waals surface area (Å²) in [6, 6.07) is 8.72. The van der Waals surface area contributed by atoms with E-state index >= 15 is 0 Å². The van der Waals surface area contributed by atoms with Crippen molar-refractivity contribution in [2.24, 2.45) is 0 Å². The molecule has 1 atom stereocenters. The number of halogens is 1. The maximum atomic E-state index is 13.2. The Labute approximate surface area is 160 Å². The summed E-state index contributed by atoms with van der Waals surface area (Å²) in [5, 5.41) is 7.36. The molecule has 6 nitrogen and oxygen atoms in total.